The van der Waals surface area contributed by atoms with Crippen LogP contribution in [-0.4, -0.2) is 46.8 Å². The zero-order valence-electron chi connectivity index (χ0n) is 21.6. The number of rotatable bonds is 7. The zero-order valence-corrected chi connectivity index (χ0v) is 22.4. The van der Waals surface area contributed by atoms with Gasteiger partial charge in [0.1, 0.15) is 6.10 Å². The number of carbonyl (C=O) groups is 2. The Hall–Kier alpha value is -3.06. The van der Waals surface area contributed by atoms with E-state index in [0.717, 1.165) is 11.1 Å². The molecule has 0 radical (unpaired) electrons. The molecule has 1 fully saturated rings. The lowest BCUT2D eigenvalue weighted by molar-refractivity contribution is -0.136. The van der Waals surface area contributed by atoms with Gasteiger partial charge in [-0.25, -0.2) is 0 Å². The maximum atomic E-state index is 14.0. The van der Waals surface area contributed by atoms with Crippen LogP contribution in [0.15, 0.2) is 54.1 Å². The van der Waals surface area contributed by atoms with E-state index >= 15 is 0 Å². The van der Waals surface area contributed by atoms with Gasteiger partial charge in [-0.15, -0.1) is 11.6 Å². The van der Waals surface area contributed by atoms with Crippen molar-refractivity contribution in [3.63, 3.8) is 0 Å². The largest absolute Gasteiger partial charge is 0.493 e. The van der Waals surface area contributed by atoms with Gasteiger partial charge < -0.3 is 19.1 Å². The van der Waals surface area contributed by atoms with Crippen LogP contribution in [0.25, 0.3) is 0 Å². The lowest BCUT2D eigenvalue weighted by Crippen LogP contribution is -2.44. The summed E-state index contributed by atoms with van der Waals surface area (Å²) in [6, 6.07) is 8.73. The summed E-state index contributed by atoms with van der Waals surface area (Å²) in [5.74, 6) is 1.21. The first-order valence-electron chi connectivity index (χ1n) is 12.9. The number of aromatic nitrogens is 1. The highest BCUT2D eigenvalue weighted by Crippen LogP contribution is 2.49. The van der Waals surface area contributed by atoms with Crippen molar-refractivity contribution in [2.75, 3.05) is 13.7 Å². The number of ether oxygens (including phenoxy) is 3. The number of hydrogen-bond donors (Lipinski definition) is 0. The molecule has 2 aliphatic heterocycles. The topological polar surface area (TPSA) is 78.0 Å². The summed E-state index contributed by atoms with van der Waals surface area (Å²) in [7, 11) is 1.59. The number of benzene rings is 1. The fourth-order valence-corrected chi connectivity index (χ4v) is 5.79. The highest BCUT2D eigenvalue weighted by atomic mass is 35.5. The van der Waals surface area contributed by atoms with Crippen molar-refractivity contribution in [2.45, 2.75) is 57.7 Å². The van der Waals surface area contributed by atoms with E-state index in [-0.39, 0.29) is 40.8 Å². The van der Waals surface area contributed by atoms with Gasteiger partial charge in [0.25, 0.3) is 5.91 Å². The van der Waals surface area contributed by atoms with Crippen LogP contribution in [0.4, 0.5) is 0 Å². The molecule has 5 atom stereocenters. The summed E-state index contributed by atoms with van der Waals surface area (Å²) in [4.78, 5) is 33.7. The fourth-order valence-electron chi connectivity index (χ4n) is 5.49. The number of Topliss-reactive ketones (excluding diaryl/α,β-unsaturated/α-hetero) is 1. The number of fused-ring (bicyclic) bond motifs is 1. The standard InChI is InChI=1S/C29H33ClN2O5/c1-16(2)15-36-22-8-7-19(11-24(22)35-4)26-25-27(33)20-12-21(30)17(3)10-23(20)37-28(25)29(34)32(26)14-18-6-5-9-31-13-18/h5-9,11,13,16-17,20-21,23,26H,10,12,14-15H2,1-4H3. The molecule has 8 heteroatoms. The van der Waals surface area contributed by atoms with Crippen LogP contribution < -0.4 is 9.47 Å². The van der Waals surface area contributed by atoms with Crippen molar-refractivity contribution in [1.29, 1.82) is 0 Å². The Morgan fingerprint density at radius 2 is 2.00 bits per heavy atom. The summed E-state index contributed by atoms with van der Waals surface area (Å²) in [6.45, 7) is 7.06. The Balaban J connectivity index is 1.56. The van der Waals surface area contributed by atoms with Gasteiger partial charge in [-0.3, -0.25) is 14.6 Å². The average molecular weight is 525 g/mol. The molecule has 37 heavy (non-hydrogen) atoms. The molecule has 3 heterocycles. The average Bonchev–Trinajstić information content (AvgIpc) is 3.16. The molecule has 0 spiro atoms. The molecule has 1 saturated carbocycles. The molecule has 0 N–H and O–H groups in total. The Morgan fingerprint density at radius 1 is 1.19 bits per heavy atom. The van der Waals surface area contributed by atoms with Crippen molar-refractivity contribution in [3.05, 3.63) is 65.2 Å². The van der Waals surface area contributed by atoms with Gasteiger partial charge in [-0.2, -0.15) is 0 Å². The normalized spacial score (nSPS) is 27.2. The minimum Gasteiger partial charge on any atom is -0.493 e. The van der Waals surface area contributed by atoms with Gasteiger partial charge in [0.05, 0.1) is 31.2 Å². The molecular weight excluding hydrogens is 492 g/mol. The van der Waals surface area contributed by atoms with E-state index in [9.17, 15) is 9.59 Å². The van der Waals surface area contributed by atoms with Gasteiger partial charge in [-0.1, -0.05) is 32.9 Å². The number of nitrogens with zero attached hydrogens (tertiary/aromatic N) is 2. The molecule has 1 amide bonds. The number of amides is 1. The van der Waals surface area contributed by atoms with Crippen LogP contribution in [0.5, 0.6) is 11.5 Å². The lowest BCUT2D eigenvalue weighted by atomic mass is 9.74. The van der Waals surface area contributed by atoms with E-state index in [4.69, 9.17) is 25.8 Å². The van der Waals surface area contributed by atoms with Gasteiger partial charge in [0.15, 0.2) is 23.0 Å². The summed E-state index contributed by atoms with van der Waals surface area (Å²) in [5, 5.41) is -0.101. The first-order valence-corrected chi connectivity index (χ1v) is 13.3. The summed E-state index contributed by atoms with van der Waals surface area (Å²) in [5.41, 5.74) is 2.04. The maximum Gasteiger partial charge on any atom is 0.290 e. The van der Waals surface area contributed by atoms with Crippen molar-refractivity contribution < 1.29 is 23.8 Å². The smallest absolute Gasteiger partial charge is 0.290 e. The molecule has 1 aromatic carbocycles. The monoisotopic (exact) mass is 524 g/mol. The van der Waals surface area contributed by atoms with Gasteiger partial charge >= 0.3 is 0 Å². The fraction of sp³-hybridized carbons (Fsp3) is 0.483. The quantitative estimate of drug-likeness (QED) is 0.470. The van der Waals surface area contributed by atoms with Crippen molar-refractivity contribution >= 4 is 23.3 Å². The number of alkyl halides is 1. The molecule has 0 bridgehead atoms. The number of halogens is 1. The van der Waals surface area contributed by atoms with E-state index in [1.165, 1.54) is 0 Å². The second kappa shape index (κ2) is 10.4. The third kappa shape index (κ3) is 4.81. The molecule has 0 saturated heterocycles. The Bertz CT molecular complexity index is 1210. The van der Waals surface area contributed by atoms with Crippen molar-refractivity contribution in [2.24, 2.45) is 17.8 Å². The molecular formula is C29H33ClN2O5. The molecule has 1 aromatic heterocycles. The van der Waals surface area contributed by atoms with Crippen LogP contribution in [0.3, 0.4) is 0 Å². The first kappa shape index (κ1) is 25.6. The van der Waals surface area contributed by atoms with Crippen LogP contribution in [0.2, 0.25) is 0 Å². The van der Waals surface area contributed by atoms with E-state index in [1.807, 2.05) is 30.3 Å². The van der Waals surface area contributed by atoms with Gasteiger partial charge in [0.2, 0.25) is 0 Å². The van der Waals surface area contributed by atoms with Crippen molar-refractivity contribution in [3.8, 4) is 11.5 Å². The summed E-state index contributed by atoms with van der Waals surface area (Å²) >= 11 is 6.58. The number of carbonyl (C=O) groups excluding carboxylic acids is 2. The number of methoxy groups -OCH3 is 1. The summed E-state index contributed by atoms with van der Waals surface area (Å²) in [6.07, 6.45) is 4.28. The Morgan fingerprint density at radius 3 is 2.70 bits per heavy atom. The SMILES string of the molecule is COc1cc(C2C3=C(OC4CC(C)C(Cl)CC4C3=O)C(=O)N2Cc2cccnc2)ccc1OCC(C)C. The Kier molecular flexibility index (Phi) is 7.17. The highest BCUT2D eigenvalue weighted by Gasteiger charge is 2.53. The highest BCUT2D eigenvalue weighted by molar-refractivity contribution is 6.21. The van der Waals surface area contributed by atoms with Crippen LogP contribution in [-0.2, 0) is 20.9 Å². The minimum atomic E-state index is -0.614. The Labute approximate surface area is 222 Å². The van der Waals surface area contributed by atoms with Gasteiger partial charge in [0, 0.05) is 24.3 Å². The van der Waals surface area contributed by atoms with E-state index in [2.05, 4.69) is 25.8 Å². The molecule has 2 aromatic rings. The molecule has 196 valence electrons. The number of hydrogen-bond acceptors (Lipinski definition) is 6. The first-order chi connectivity index (χ1) is 17.8. The van der Waals surface area contributed by atoms with E-state index in [0.29, 0.717) is 49.0 Å². The van der Waals surface area contributed by atoms with Crippen molar-refractivity contribution in [1.82, 2.24) is 9.88 Å². The second-order valence-electron chi connectivity index (χ2n) is 10.6. The number of pyridine rings is 1. The maximum absolute atomic E-state index is 14.0. The third-order valence-corrected chi connectivity index (χ3v) is 8.07. The zero-order chi connectivity index (χ0) is 26.3. The van der Waals surface area contributed by atoms with Crippen LogP contribution in [0, 0.1) is 17.8 Å². The molecule has 3 aliphatic rings. The molecule has 5 rings (SSSR count). The van der Waals surface area contributed by atoms with Crippen LogP contribution in [0.1, 0.15) is 50.8 Å². The molecule has 1 aliphatic carbocycles. The van der Waals surface area contributed by atoms with Gasteiger partial charge in [-0.05, 0) is 54.0 Å². The molecule has 7 nitrogen and oxygen atoms in total. The third-order valence-electron chi connectivity index (χ3n) is 7.46. The second-order valence-corrected chi connectivity index (χ2v) is 11.2. The molecule has 5 unspecified atom stereocenters. The van der Waals surface area contributed by atoms with Crippen LogP contribution >= 0.6 is 11.6 Å². The predicted octanol–water partition coefficient (Wildman–Crippen LogP) is 5.08. The lowest BCUT2D eigenvalue weighted by Gasteiger charge is -2.40. The summed E-state index contributed by atoms with van der Waals surface area (Å²) < 4.78 is 17.9. The van der Waals surface area contributed by atoms with E-state index < -0.39 is 6.04 Å². The minimum absolute atomic E-state index is 0.0464. The van der Waals surface area contributed by atoms with E-state index in [1.54, 1.807) is 24.4 Å². The number of ketones is 1. The predicted molar refractivity (Wildman–Crippen MR) is 139 cm³/mol.